The van der Waals surface area contributed by atoms with Crippen LogP contribution in [0.25, 0.3) is 27.5 Å². The van der Waals surface area contributed by atoms with Crippen molar-refractivity contribution in [2.24, 2.45) is 0 Å². The Labute approximate surface area is 144 Å². The summed E-state index contributed by atoms with van der Waals surface area (Å²) in [5.41, 5.74) is 1.69. The molecule has 0 aliphatic carbocycles. The predicted octanol–water partition coefficient (Wildman–Crippen LogP) is 4.92. The third-order valence-corrected chi connectivity index (χ3v) is 4.55. The summed E-state index contributed by atoms with van der Waals surface area (Å²) in [6.07, 6.45) is 1.79. The van der Waals surface area contributed by atoms with Gasteiger partial charge in [0.15, 0.2) is 4.96 Å². The van der Waals surface area contributed by atoms with Crippen LogP contribution in [0.4, 0.5) is 14.5 Å². The zero-order chi connectivity index (χ0) is 17.6. The molecule has 0 atom stereocenters. The molecule has 2 aromatic heterocycles. The van der Waals surface area contributed by atoms with Crippen molar-refractivity contribution < 1.29 is 13.7 Å². The molecule has 0 aliphatic heterocycles. The van der Waals surface area contributed by atoms with Gasteiger partial charge >= 0.3 is 5.69 Å². The number of halogens is 2. The second-order valence-electron chi connectivity index (χ2n) is 5.29. The van der Waals surface area contributed by atoms with E-state index in [1.165, 1.54) is 29.5 Å². The summed E-state index contributed by atoms with van der Waals surface area (Å²) < 4.78 is 29.1. The van der Waals surface area contributed by atoms with E-state index in [0.29, 0.717) is 27.5 Å². The van der Waals surface area contributed by atoms with E-state index < -0.39 is 16.4 Å². The van der Waals surface area contributed by atoms with Crippen LogP contribution in [0.2, 0.25) is 0 Å². The molecule has 0 radical (unpaired) electrons. The molecule has 25 heavy (non-hydrogen) atoms. The number of hydrogen-bond acceptors (Lipinski definition) is 4. The largest absolute Gasteiger partial charge is 0.304 e. The van der Waals surface area contributed by atoms with Gasteiger partial charge < -0.3 is 0 Å². The number of hydrogen-bond donors (Lipinski definition) is 0. The molecular formula is C17H9F2N3O2S. The Hall–Kier alpha value is -3.13. The Morgan fingerprint density at radius 1 is 1.08 bits per heavy atom. The average Bonchev–Trinajstić information content (AvgIpc) is 3.15. The molecule has 0 saturated carbocycles. The van der Waals surface area contributed by atoms with Gasteiger partial charge in [-0.05, 0) is 36.4 Å². The van der Waals surface area contributed by atoms with Crippen LogP contribution in [0.15, 0.2) is 54.0 Å². The summed E-state index contributed by atoms with van der Waals surface area (Å²) >= 11 is 1.40. The monoisotopic (exact) mass is 357 g/mol. The number of fused-ring (bicyclic) bond motifs is 1. The first-order chi connectivity index (χ1) is 12.0. The van der Waals surface area contributed by atoms with Gasteiger partial charge in [0.2, 0.25) is 5.82 Å². The molecule has 0 fully saturated rings. The minimum Gasteiger partial charge on any atom is -0.290 e. The lowest BCUT2D eigenvalue weighted by Gasteiger charge is -2.05. The molecule has 0 N–H and O–H groups in total. The Kier molecular flexibility index (Phi) is 3.54. The van der Waals surface area contributed by atoms with Crippen LogP contribution < -0.4 is 0 Å². The summed E-state index contributed by atoms with van der Waals surface area (Å²) in [4.78, 5) is 15.3. The molecule has 0 unspecified atom stereocenters. The summed E-state index contributed by atoms with van der Waals surface area (Å²) in [5, 5.41) is 12.7. The lowest BCUT2D eigenvalue weighted by molar-refractivity contribution is -0.387. The molecule has 0 spiro atoms. The first-order valence-corrected chi connectivity index (χ1v) is 8.08. The van der Waals surface area contributed by atoms with E-state index in [-0.39, 0.29) is 5.82 Å². The number of thiazole rings is 1. The van der Waals surface area contributed by atoms with Gasteiger partial charge in [-0.25, -0.2) is 9.37 Å². The van der Waals surface area contributed by atoms with E-state index in [1.807, 2.05) is 5.38 Å². The number of nitrogens with zero attached hydrogens (tertiary/aromatic N) is 3. The highest BCUT2D eigenvalue weighted by Crippen LogP contribution is 2.35. The fourth-order valence-corrected chi connectivity index (χ4v) is 3.39. The maximum absolute atomic E-state index is 14.1. The zero-order valence-corrected chi connectivity index (χ0v) is 13.3. The van der Waals surface area contributed by atoms with E-state index in [9.17, 15) is 18.9 Å². The topological polar surface area (TPSA) is 60.4 Å². The number of benzene rings is 2. The lowest BCUT2D eigenvalue weighted by Crippen LogP contribution is -1.94. The second kappa shape index (κ2) is 5.75. The van der Waals surface area contributed by atoms with Crippen molar-refractivity contribution in [3.63, 3.8) is 0 Å². The maximum Gasteiger partial charge on any atom is 0.304 e. The number of imidazole rings is 1. The zero-order valence-electron chi connectivity index (χ0n) is 12.5. The Morgan fingerprint density at radius 2 is 1.80 bits per heavy atom. The molecule has 2 heterocycles. The molecule has 0 saturated heterocycles. The van der Waals surface area contributed by atoms with Crippen molar-refractivity contribution in [1.82, 2.24) is 9.38 Å². The van der Waals surface area contributed by atoms with Gasteiger partial charge in [-0.1, -0.05) is 0 Å². The SMILES string of the molecule is O=[N+]([O-])c1ccc(-c2c(-c3ccc(F)cc3)nc3sccn23)cc1F. The summed E-state index contributed by atoms with van der Waals surface area (Å²) in [7, 11) is 0. The van der Waals surface area contributed by atoms with Gasteiger partial charge in [0.05, 0.1) is 16.3 Å². The minimum atomic E-state index is -0.919. The summed E-state index contributed by atoms with van der Waals surface area (Å²) in [6.45, 7) is 0. The molecule has 124 valence electrons. The average molecular weight is 357 g/mol. The van der Waals surface area contributed by atoms with E-state index in [2.05, 4.69) is 4.98 Å². The summed E-state index contributed by atoms with van der Waals surface area (Å²) in [5.74, 6) is -1.29. The lowest BCUT2D eigenvalue weighted by atomic mass is 10.0. The van der Waals surface area contributed by atoms with Crippen molar-refractivity contribution in [3.05, 3.63) is 75.8 Å². The van der Waals surface area contributed by atoms with E-state index in [0.717, 1.165) is 12.1 Å². The standard InChI is InChI=1S/C17H9F2N3O2S/c18-12-4-1-10(2-5-12)15-16(21-7-8-25-17(21)20-15)11-3-6-14(22(23)24)13(19)9-11/h1-9H. The number of nitro groups is 1. The highest BCUT2D eigenvalue weighted by molar-refractivity contribution is 7.15. The molecule has 4 aromatic rings. The molecule has 0 bridgehead atoms. The predicted molar refractivity (Wildman–Crippen MR) is 90.5 cm³/mol. The molecule has 4 rings (SSSR count). The van der Waals surface area contributed by atoms with E-state index in [1.54, 1.807) is 22.7 Å². The van der Waals surface area contributed by atoms with Crippen molar-refractivity contribution in [2.75, 3.05) is 0 Å². The van der Waals surface area contributed by atoms with Gasteiger partial charge in [0.1, 0.15) is 5.82 Å². The van der Waals surface area contributed by atoms with Crippen LogP contribution in [0.5, 0.6) is 0 Å². The van der Waals surface area contributed by atoms with Crippen molar-refractivity contribution >= 4 is 22.0 Å². The molecular weight excluding hydrogens is 348 g/mol. The highest BCUT2D eigenvalue weighted by Gasteiger charge is 2.20. The number of nitro benzene ring substituents is 1. The van der Waals surface area contributed by atoms with Crippen molar-refractivity contribution in [3.8, 4) is 22.5 Å². The van der Waals surface area contributed by atoms with Crippen LogP contribution in [0.1, 0.15) is 0 Å². The first kappa shape index (κ1) is 15.4. The van der Waals surface area contributed by atoms with Gasteiger partial charge in [0.25, 0.3) is 0 Å². The van der Waals surface area contributed by atoms with Crippen molar-refractivity contribution in [1.29, 1.82) is 0 Å². The first-order valence-electron chi connectivity index (χ1n) is 7.20. The molecule has 0 aliphatic rings. The van der Waals surface area contributed by atoms with Gasteiger partial charge in [0, 0.05) is 28.8 Å². The molecule has 2 aromatic carbocycles. The van der Waals surface area contributed by atoms with Gasteiger partial charge in [-0.15, -0.1) is 11.3 Å². The number of aromatic nitrogens is 2. The van der Waals surface area contributed by atoms with Crippen molar-refractivity contribution in [2.45, 2.75) is 0 Å². The molecule has 8 heteroatoms. The third-order valence-electron chi connectivity index (χ3n) is 3.80. The highest BCUT2D eigenvalue weighted by atomic mass is 32.1. The van der Waals surface area contributed by atoms with Crippen LogP contribution in [-0.2, 0) is 0 Å². The van der Waals surface area contributed by atoms with Crippen LogP contribution in [-0.4, -0.2) is 14.3 Å². The summed E-state index contributed by atoms with van der Waals surface area (Å²) in [6, 6.07) is 9.55. The fraction of sp³-hybridized carbons (Fsp3) is 0. The van der Waals surface area contributed by atoms with Crippen LogP contribution in [0, 0.1) is 21.7 Å². The normalized spacial score (nSPS) is 11.1. The maximum atomic E-state index is 14.1. The van der Waals surface area contributed by atoms with Crippen LogP contribution in [0.3, 0.4) is 0 Å². The quantitative estimate of drug-likeness (QED) is 0.386. The third kappa shape index (κ3) is 2.56. The Morgan fingerprint density at radius 3 is 2.48 bits per heavy atom. The van der Waals surface area contributed by atoms with Crippen LogP contribution >= 0.6 is 11.3 Å². The fourth-order valence-electron chi connectivity index (χ4n) is 2.67. The smallest absolute Gasteiger partial charge is 0.290 e. The Bertz CT molecular complexity index is 1100. The van der Waals surface area contributed by atoms with Gasteiger partial charge in [-0.2, -0.15) is 4.39 Å². The Balaban J connectivity index is 1.96. The minimum absolute atomic E-state index is 0.368. The molecule has 0 amide bonds. The van der Waals surface area contributed by atoms with E-state index in [4.69, 9.17) is 0 Å². The van der Waals surface area contributed by atoms with E-state index >= 15 is 0 Å². The van der Waals surface area contributed by atoms with Gasteiger partial charge in [-0.3, -0.25) is 14.5 Å². The second-order valence-corrected chi connectivity index (χ2v) is 6.17. The number of rotatable bonds is 3. The molecule has 5 nitrogen and oxygen atoms in total.